The summed E-state index contributed by atoms with van der Waals surface area (Å²) in [6.45, 7) is 0. The summed E-state index contributed by atoms with van der Waals surface area (Å²) in [6.07, 6.45) is 2.98. The number of hydrogen-bond donors (Lipinski definition) is 1. The van der Waals surface area contributed by atoms with E-state index in [1.54, 1.807) is 6.20 Å². The second kappa shape index (κ2) is 5.46. The van der Waals surface area contributed by atoms with E-state index in [0.29, 0.717) is 5.69 Å². The molecule has 1 atom stereocenters. The average Bonchev–Trinajstić information content (AvgIpc) is 2.99. The van der Waals surface area contributed by atoms with Crippen LogP contribution in [0.15, 0.2) is 61.1 Å². The number of aromatic nitrogens is 2. The Balaban J connectivity index is 2.08. The normalized spacial score (nSPS) is 12.3. The summed E-state index contributed by atoms with van der Waals surface area (Å²) in [5.74, 6) is -1.82. The number of benzene rings is 2. The minimum atomic E-state index is -0.919. The molecule has 3 nitrogen and oxygen atoms in total. The molecule has 21 heavy (non-hydrogen) atoms. The molecule has 1 aromatic heterocycles. The monoisotopic (exact) mass is 285 g/mol. The van der Waals surface area contributed by atoms with Crippen LogP contribution >= 0.6 is 0 Å². The molecule has 0 saturated heterocycles. The van der Waals surface area contributed by atoms with E-state index in [4.69, 9.17) is 5.73 Å². The number of imidazole rings is 1. The zero-order valence-corrected chi connectivity index (χ0v) is 11.1. The molecule has 3 rings (SSSR count). The summed E-state index contributed by atoms with van der Waals surface area (Å²) >= 11 is 0. The van der Waals surface area contributed by atoms with Crippen LogP contribution < -0.4 is 5.73 Å². The zero-order chi connectivity index (χ0) is 14.8. The van der Waals surface area contributed by atoms with Gasteiger partial charge in [0.15, 0.2) is 11.6 Å². The lowest BCUT2D eigenvalue weighted by molar-refractivity contribution is 0.503. The topological polar surface area (TPSA) is 43.8 Å². The highest BCUT2D eigenvalue weighted by Gasteiger charge is 2.17. The first-order chi connectivity index (χ1) is 10.2. The summed E-state index contributed by atoms with van der Waals surface area (Å²) in [5.41, 5.74) is 7.76. The van der Waals surface area contributed by atoms with Crippen LogP contribution in [0.3, 0.4) is 0 Å². The van der Waals surface area contributed by atoms with Crippen LogP contribution in [0, 0.1) is 11.6 Å². The van der Waals surface area contributed by atoms with Crippen molar-refractivity contribution in [2.75, 3.05) is 0 Å². The Labute approximate surface area is 120 Å². The summed E-state index contributed by atoms with van der Waals surface area (Å²) in [5, 5.41) is 0. The third-order valence-electron chi connectivity index (χ3n) is 3.34. The number of hydrogen-bond acceptors (Lipinski definition) is 2. The number of nitrogens with two attached hydrogens (primary N) is 1. The Morgan fingerprint density at radius 2 is 1.76 bits per heavy atom. The zero-order valence-electron chi connectivity index (χ0n) is 11.1. The SMILES string of the molecule is NC(c1ccccc1)c1cncn1-c1cccc(F)c1F. The van der Waals surface area contributed by atoms with E-state index in [2.05, 4.69) is 4.98 Å². The van der Waals surface area contributed by atoms with Crippen LogP contribution in [0.4, 0.5) is 8.78 Å². The van der Waals surface area contributed by atoms with E-state index in [1.165, 1.54) is 23.0 Å². The minimum absolute atomic E-state index is 0.0916. The lowest BCUT2D eigenvalue weighted by Crippen LogP contribution is -2.16. The average molecular weight is 285 g/mol. The summed E-state index contributed by atoms with van der Waals surface area (Å²) in [6, 6.07) is 12.9. The Kier molecular flexibility index (Phi) is 3.50. The van der Waals surface area contributed by atoms with Gasteiger partial charge in [-0.25, -0.2) is 13.8 Å². The first-order valence-corrected chi connectivity index (χ1v) is 6.45. The fourth-order valence-corrected chi connectivity index (χ4v) is 2.25. The lowest BCUT2D eigenvalue weighted by Gasteiger charge is -2.15. The maximum atomic E-state index is 13.9. The van der Waals surface area contributed by atoms with Crippen LogP contribution in [-0.4, -0.2) is 9.55 Å². The smallest absolute Gasteiger partial charge is 0.182 e. The van der Waals surface area contributed by atoms with Gasteiger partial charge in [0.25, 0.3) is 0 Å². The van der Waals surface area contributed by atoms with E-state index >= 15 is 0 Å². The fraction of sp³-hybridized carbons (Fsp3) is 0.0625. The van der Waals surface area contributed by atoms with E-state index in [0.717, 1.165) is 11.6 Å². The molecule has 0 bridgehead atoms. The van der Waals surface area contributed by atoms with Crippen molar-refractivity contribution in [1.82, 2.24) is 9.55 Å². The van der Waals surface area contributed by atoms with Crippen LogP contribution in [0.2, 0.25) is 0 Å². The molecule has 0 spiro atoms. The van der Waals surface area contributed by atoms with E-state index < -0.39 is 17.7 Å². The molecule has 2 N–H and O–H groups in total. The number of halogens is 2. The first-order valence-electron chi connectivity index (χ1n) is 6.45. The molecular weight excluding hydrogens is 272 g/mol. The van der Waals surface area contributed by atoms with Gasteiger partial charge in [0.2, 0.25) is 0 Å². The molecule has 0 aliphatic heterocycles. The van der Waals surface area contributed by atoms with Crippen molar-refractivity contribution in [2.45, 2.75) is 6.04 Å². The highest BCUT2D eigenvalue weighted by atomic mass is 19.2. The van der Waals surface area contributed by atoms with E-state index in [1.807, 2.05) is 30.3 Å². The van der Waals surface area contributed by atoms with Gasteiger partial charge in [-0.05, 0) is 17.7 Å². The molecule has 2 aromatic carbocycles. The van der Waals surface area contributed by atoms with Gasteiger partial charge in [0.05, 0.1) is 29.9 Å². The maximum Gasteiger partial charge on any atom is 0.182 e. The Hall–Kier alpha value is -2.53. The molecule has 0 saturated carbocycles. The second-order valence-electron chi connectivity index (χ2n) is 4.65. The second-order valence-corrected chi connectivity index (χ2v) is 4.65. The number of nitrogens with zero attached hydrogens (tertiary/aromatic N) is 2. The molecule has 5 heteroatoms. The number of rotatable bonds is 3. The Bertz CT molecular complexity index is 753. The molecule has 0 fully saturated rings. The van der Waals surface area contributed by atoms with Crippen LogP contribution in [0.25, 0.3) is 5.69 Å². The van der Waals surface area contributed by atoms with Crippen molar-refractivity contribution in [1.29, 1.82) is 0 Å². The van der Waals surface area contributed by atoms with Crippen molar-refractivity contribution in [2.24, 2.45) is 5.73 Å². The van der Waals surface area contributed by atoms with Crippen molar-refractivity contribution >= 4 is 0 Å². The largest absolute Gasteiger partial charge is 0.319 e. The van der Waals surface area contributed by atoms with Crippen LogP contribution in [-0.2, 0) is 0 Å². The Morgan fingerprint density at radius 3 is 2.52 bits per heavy atom. The summed E-state index contributed by atoms with van der Waals surface area (Å²) in [7, 11) is 0. The molecule has 3 aromatic rings. The Morgan fingerprint density at radius 1 is 1.00 bits per heavy atom. The maximum absolute atomic E-state index is 13.9. The predicted molar refractivity (Wildman–Crippen MR) is 76.0 cm³/mol. The molecule has 1 heterocycles. The van der Waals surface area contributed by atoms with Gasteiger partial charge in [0, 0.05) is 0 Å². The first kappa shape index (κ1) is 13.5. The molecular formula is C16H13F2N3. The third-order valence-corrected chi connectivity index (χ3v) is 3.34. The van der Waals surface area contributed by atoms with Gasteiger partial charge in [-0.3, -0.25) is 4.57 Å². The van der Waals surface area contributed by atoms with Gasteiger partial charge in [-0.15, -0.1) is 0 Å². The predicted octanol–water partition coefficient (Wildman–Crippen LogP) is 3.20. The highest BCUT2D eigenvalue weighted by Crippen LogP contribution is 2.24. The van der Waals surface area contributed by atoms with Gasteiger partial charge >= 0.3 is 0 Å². The molecule has 1 unspecified atom stereocenters. The van der Waals surface area contributed by atoms with Gasteiger partial charge in [0.1, 0.15) is 0 Å². The molecule has 0 aliphatic rings. The van der Waals surface area contributed by atoms with Crippen LogP contribution in [0.1, 0.15) is 17.3 Å². The molecule has 0 amide bonds. The molecule has 106 valence electrons. The molecule has 0 aliphatic carbocycles. The van der Waals surface area contributed by atoms with Crippen LogP contribution in [0.5, 0.6) is 0 Å². The summed E-state index contributed by atoms with van der Waals surface area (Å²) < 4.78 is 28.8. The minimum Gasteiger partial charge on any atom is -0.319 e. The van der Waals surface area contributed by atoms with Crippen molar-refractivity contribution in [3.63, 3.8) is 0 Å². The standard InChI is InChI=1S/C16H13F2N3/c17-12-7-4-8-13(15(12)18)21-10-20-9-14(21)16(19)11-5-2-1-3-6-11/h1-10,16H,19H2. The van der Waals surface area contributed by atoms with Gasteiger partial charge in [-0.1, -0.05) is 36.4 Å². The van der Waals surface area contributed by atoms with Crippen molar-refractivity contribution in [3.05, 3.63) is 83.9 Å². The summed E-state index contributed by atoms with van der Waals surface area (Å²) in [4.78, 5) is 4.01. The van der Waals surface area contributed by atoms with Crippen molar-refractivity contribution in [3.8, 4) is 5.69 Å². The van der Waals surface area contributed by atoms with Gasteiger partial charge < -0.3 is 5.73 Å². The fourth-order valence-electron chi connectivity index (χ4n) is 2.25. The highest BCUT2D eigenvalue weighted by molar-refractivity contribution is 5.38. The molecule has 0 radical (unpaired) electrons. The quantitative estimate of drug-likeness (QED) is 0.803. The van der Waals surface area contributed by atoms with Gasteiger partial charge in [-0.2, -0.15) is 0 Å². The lowest BCUT2D eigenvalue weighted by atomic mass is 10.1. The van der Waals surface area contributed by atoms with E-state index in [9.17, 15) is 8.78 Å². The van der Waals surface area contributed by atoms with Crippen molar-refractivity contribution < 1.29 is 8.78 Å². The third kappa shape index (κ3) is 2.43. The van der Waals surface area contributed by atoms with E-state index in [-0.39, 0.29) is 5.69 Å².